The molecule has 142 valence electrons. The highest BCUT2D eigenvalue weighted by molar-refractivity contribution is 6.04. The van der Waals surface area contributed by atoms with Crippen LogP contribution in [0.5, 0.6) is 0 Å². The Morgan fingerprint density at radius 1 is 0.750 bits per heavy atom. The second kappa shape index (κ2) is 8.86. The largest absolute Gasteiger partial charge is 0.378 e. The maximum absolute atomic E-state index is 12.4. The maximum atomic E-state index is 12.4. The molecule has 28 heavy (non-hydrogen) atoms. The van der Waals surface area contributed by atoms with E-state index in [-0.39, 0.29) is 18.2 Å². The molecule has 0 aliphatic heterocycles. The van der Waals surface area contributed by atoms with Gasteiger partial charge in [0.25, 0.3) is 5.91 Å². The molecule has 0 saturated carbocycles. The summed E-state index contributed by atoms with van der Waals surface area (Å²) in [6.45, 7) is 0. The van der Waals surface area contributed by atoms with Gasteiger partial charge in [0.2, 0.25) is 5.91 Å². The molecule has 3 aromatic rings. The number of carbonyl (C=O) groups excluding carboxylic acids is 2. The average molecular weight is 373 g/mol. The molecule has 2 N–H and O–H groups in total. The predicted octanol–water partition coefficient (Wildman–Crippen LogP) is 4.19. The molecule has 0 radical (unpaired) electrons. The number of carbonyl (C=O) groups is 2. The van der Waals surface area contributed by atoms with E-state index in [1.54, 1.807) is 24.3 Å². The minimum atomic E-state index is -0.167. The monoisotopic (exact) mass is 373 g/mol. The molecule has 5 heteroatoms. The van der Waals surface area contributed by atoms with Gasteiger partial charge in [-0.1, -0.05) is 30.3 Å². The lowest BCUT2D eigenvalue weighted by molar-refractivity contribution is -0.115. The maximum Gasteiger partial charge on any atom is 0.255 e. The van der Waals surface area contributed by atoms with Crippen LogP contribution in [0.15, 0.2) is 78.9 Å². The molecule has 0 atom stereocenters. The van der Waals surface area contributed by atoms with Crippen LogP contribution in [0, 0.1) is 0 Å². The molecule has 0 heterocycles. The molecule has 3 rings (SSSR count). The zero-order chi connectivity index (χ0) is 19.9. The molecule has 0 aliphatic carbocycles. The number of nitrogens with one attached hydrogen (secondary N) is 2. The molecule has 0 spiro atoms. The predicted molar refractivity (Wildman–Crippen MR) is 114 cm³/mol. The second-order valence-corrected chi connectivity index (χ2v) is 6.68. The van der Waals surface area contributed by atoms with E-state index < -0.39 is 0 Å². The molecule has 3 aromatic carbocycles. The van der Waals surface area contributed by atoms with Crippen LogP contribution in [-0.2, 0) is 11.2 Å². The lowest BCUT2D eigenvalue weighted by atomic mass is 10.1. The summed E-state index contributed by atoms with van der Waals surface area (Å²) in [5.74, 6) is -0.246. The summed E-state index contributed by atoms with van der Waals surface area (Å²) >= 11 is 0. The summed E-state index contributed by atoms with van der Waals surface area (Å²) in [5, 5.41) is 5.73. The highest BCUT2D eigenvalue weighted by atomic mass is 16.2. The number of benzene rings is 3. The summed E-state index contributed by atoms with van der Waals surface area (Å²) < 4.78 is 0. The van der Waals surface area contributed by atoms with Crippen molar-refractivity contribution in [1.82, 2.24) is 0 Å². The Bertz CT molecular complexity index is 934. The molecule has 5 nitrogen and oxygen atoms in total. The Morgan fingerprint density at radius 3 is 1.96 bits per heavy atom. The van der Waals surface area contributed by atoms with Crippen molar-refractivity contribution in [2.75, 3.05) is 29.6 Å². The van der Waals surface area contributed by atoms with Crippen molar-refractivity contribution in [2.45, 2.75) is 6.42 Å². The van der Waals surface area contributed by atoms with E-state index in [4.69, 9.17) is 0 Å². The SMILES string of the molecule is CN(C)c1ccc(C(=O)Nc2ccc(CC(=O)Nc3ccccc3)cc2)cc1. The van der Waals surface area contributed by atoms with E-state index in [1.807, 2.05) is 73.6 Å². The topological polar surface area (TPSA) is 61.4 Å². The molecule has 2 amide bonds. The fraction of sp³-hybridized carbons (Fsp3) is 0.130. The zero-order valence-electron chi connectivity index (χ0n) is 16.0. The quantitative estimate of drug-likeness (QED) is 0.681. The molecule has 0 bridgehead atoms. The van der Waals surface area contributed by atoms with Crippen molar-refractivity contribution in [3.63, 3.8) is 0 Å². The first-order valence-electron chi connectivity index (χ1n) is 9.04. The van der Waals surface area contributed by atoms with Gasteiger partial charge in [-0.15, -0.1) is 0 Å². The van der Waals surface area contributed by atoms with Gasteiger partial charge in [0.05, 0.1) is 6.42 Å². The third-order valence-electron chi connectivity index (χ3n) is 4.28. The van der Waals surface area contributed by atoms with E-state index in [0.717, 1.165) is 16.9 Å². The Labute approximate surface area is 165 Å². The second-order valence-electron chi connectivity index (χ2n) is 6.68. The van der Waals surface area contributed by atoms with Crippen LogP contribution in [-0.4, -0.2) is 25.9 Å². The van der Waals surface area contributed by atoms with Crippen LogP contribution in [0.4, 0.5) is 17.1 Å². The van der Waals surface area contributed by atoms with E-state index in [1.165, 1.54) is 0 Å². The van der Waals surface area contributed by atoms with Gasteiger partial charge in [-0.25, -0.2) is 0 Å². The molecule has 0 aromatic heterocycles. The molecule has 0 unspecified atom stereocenters. The molecular weight excluding hydrogens is 350 g/mol. The van der Waals surface area contributed by atoms with Crippen LogP contribution in [0.25, 0.3) is 0 Å². The fourth-order valence-corrected chi connectivity index (χ4v) is 2.73. The smallest absolute Gasteiger partial charge is 0.255 e. The van der Waals surface area contributed by atoms with Gasteiger partial charge in [-0.2, -0.15) is 0 Å². The van der Waals surface area contributed by atoms with Gasteiger partial charge in [-0.05, 0) is 54.1 Å². The number of para-hydroxylation sites is 1. The van der Waals surface area contributed by atoms with Gasteiger partial charge in [0.1, 0.15) is 0 Å². The summed E-state index contributed by atoms with van der Waals surface area (Å²) in [6, 6.07) is 24.1. The normalized spacial score (nSPS) is 10.2. The minimum absolute atomic E-state index is 0.0797. The van der Waals surface area contributed by atoms with Gasteiger partial charge < -0.3 is 15.5 Å². The Morgan fingerprint density at radius 2 is 1.36 bits per heavy atom. The van der Waals surface area contributed by atoms with E-state index >= 15 is 0 Å². The lowest BCUT2D eigenvalue weighted by Gasteiger charge is -2.12. The van der Waals surface area contributed by atoms with Crippen molar-refractivity contribution >= 4 is 28.9 Å². The van der Waals surface area contributed by atoms with Crippen LogP contribution in [0.2, 0.25) is 0 Å². The van der Waals surface area contributed by atoms with E-state index in [0.29, 0.717) is 11.3 Å². The van der Waals surface area contributed by atoms with Crippen molar-refractivity contribution < 1.29 is 9.59 Å². The Hall–Kier alpha value is -3.60. The fourth-order valence-electron chi connectivity index (χ4n) is 2.73. The Balaban J connectivity index is 1.56. The average Bonchev–Trinajstić information content (AvgIpc) is 2.70. The first-order valence-corrected chi connectivity index (χ1v) is 9.04. The Kier molecular flexibility index (Phi) is 6.07. The zero-order valence-corrected chi connectivity index (χ0v) is 16.0. The van der Waals surface area contributed by atoms with Gasteiger partial charge >= 0.3 is 0 Å². The summed E-state index contributed by atoms with van der Waals surface area (Å²) in [4.78, 5) is 26.5. The standard InChI is InChI=1S/C23H23N3O2/c1-26(2)21-14-10-18(11-15-21)23(28)25-20-12-8-17(9-13-20)16-22(27)24-19-6-4-3-5-7-19/h3-15H,16H2,1-2H3,(H,24,27)(H,25,28). The van der Waals surface area contributed by atoms with Crippen LogP contribution in [0.1, 0.15) is 15.9 Å². The highest BCUT2D eigenvalue weighted by Crippen LogP contribution is 2.15. The van der Waals surface area contributed by atoms with E-state index in [9.17, 15) is 9.59 Å². The summed E-state index contributed by atoms with van der Waals surface area (Å²) in [5.41, 5.74) is 3.97. The highest BCUT2D eigenvalue weighted by Gasteiger charge is 2.08. The minimum Gasteiger partial charge on any atom is -0.378 e. The van der Waals surface area contributed by atoms with Gasteiger partial charge in [-0.3, -0.25) is 9.59 Å². The number of anilines is 3. The lowest BCUT2D eigenvalue weighted by Crippen LogP contribution is -2.15. The molecule has 0 saturated heterocycles. The van der Waals surface area contributed by atoms with Crippen molar-refractivity contribution in [3.8, 4) is 0 Å². The van der Waals surface area contributed by atoms with Crippen molar-refractivity contribution in [2.24, 2.45) is 0 Å². The van der Waals surface area contributed by atoms with Crippen LogP contribution < -0.4 is 15.5 Å². The number of nitrogens with zero attached hydrogens (tertiary/aromatic N) is 1. The summed E-state index contributed by atoms with van der Waals surface area (Å²) in [7, 11) is 3.91. The van der Waals surface area contributed by atoms with Crippen LogP contribution in [0.3, 0.4) is 0 Å². The van der Waals surface area contributed by atoms with Crippen molar-refractivity contribution in [3.05, 3.63) is 90.0 Å². The number of rotatable bonds is 6. The van der Waals surface area contributed by atoms with E-state index in [2.05, 4.69) is 10.6 Å². The molecular formula is C23H23N3O2. The van der Waals surface area contributed by atoms with Crippen LogP contribution >= 0.6 is 0 Å². The van der Waals surface area contributed by atoms with Gasteiger partial charge in [0.15, 0.2) is 0 Å². The van der Waals surface area contributed by atoms with Crippen molar-refractivity contribution in [1.29, 1.82) is 0 Å². The third-order valence-corrected chi connectivity index (χ3v) is 4.28. The van der Waals surface area contributed by atoms with Gasteiger partial charge in [0, 0.05) is 36.7 Å². The number of hydrogen-bond donors (Lipinski definition) is 2. The molecule has 0 aliphatic rings. The first-order chi connectivity index (χ1) is 13.5. The molecule has 0 fully saturated rings. The third kappa shape index (κ3) is 5.20. The number of hydrogen-bond acceptors (Lipinski definition) is 3. The first kappa shape index (κ1) is 19.2. The number of amides is 2. The summed E-state index contributed by atoms with van der Waals surface area (Å²) in [6.07, 6.45) is 0.273.